The topological polar surface area (TPSA) is 49.3 Å². The SMILES string of the molecule is O=C(O)C(Nc1ccccc1Br)c1ccccc1Br. The Morgan fingerprint density at radius 2 is 1.58 bits per heavy atom. The molecule has 0 saturated carbocycles. The Morgan fingerprint density at radius 1 is 1.00 bits per heavy atom. The molecule has 0 aromatic heterocycles. The molecule has 98 valence electrons. The standard InChI is InChI=1S/C14H11Br2NO2/c15-10-6-2-1-5-9(10)13(14(18)19)17-12-8-4-3-7-11(12)16/h1-8,13,17H,(H,18,19). The average Bonchev–Trinajstić information content (AvgIpc) is 2.38. The van der Waals surface area contributed by atoms with Gasteiger partial charge in [-0.25, -0.2) is 4.79 Å². The summed E-state index contributed by atoms with van der Waals surface area (Å²) < 4.78 is 1.59. The van der Waals surface area contributed by atoms with Crippen molar-refractivity contribution in [2.24, 2.45) is 0 Å². The minimum absolute atomic E-state index is 0.686. The number of hydrogen-bond acceptors (Lipinski definition) is 2. The first-order chi connectivity index (χ1) is 9.09. The molecular formula is C14H11Br2NO2. The van der Waals surface area contributed by atoms with Crippen molar-refractivity contribution in [3.05, 3.63) is 63.0 Å². The first-order valence-corrected chi connectivity index (χ1v) is 7.16. The monoisotopic (exact) mass is 383 g/mol. The van der Waals surface area contributed by atoms with Gasteiger partial charge in [0, 0.05) is 14.6 Å². The van der Waals surface area contributed by atoms with E-state index >= 15 is 0 Å². The van der Waals surface area contributed by atoms with Crippen molar-refractivity contribution >= 4 is 43.5 Å². The Hall–Kier alpha value is -1.33. The van der Waals surface area contributed by atoms with E-state index in [0.29, 0.717) is 5.56 Å². The van der Waals surface area contributed by atoms with Gasteiger partial charge in [0.1, 0.15) is 0 Å². The van der Waals surface area contributed by atoms with Gasteiger partial charge >= 0.3 is 5.97 Å². The third-order valence-corrected chi connectivity index (χ3v) is 4.05. The van der Waals surface area contributed by atoms with Gasteiger partial charge in [-0.15, -0.1) is 0 Å². The molecule has 0 aliphatic rings. The highest BCUT2D eigenvalue weighted by Gasteiger charge is 2.22. The van der Waals surface area contributed by atoms with Crippen LogP contribution in [0.3, 0.4) is 0 Å². The molecule has 1 unspecified atom stereocenters. The number of carbonyl (C=O) groups is 1. The van der Waals surface area contributed by atoms with Crippen LogP contribution in [0.2, 0.25) is 0 Å². The maximum absolute atomic E-state index is 11.5. The summed E-state index contributed by atoms with van der Waals surface area (Å²) in [7, 11) is 0. The number of para-hydroxylation sites is 1. The molecule has 2 N–H and O–H groups in total. The van der Waals surface area contributed by atoms with Crippen molar-refractivity contribution in [2.75, 3.05) is 5.32 Å². The van der Waals surface area contributed by atoms with E-state index in [4.69, 9.17) is 0 Å². The number of halogens is 2. The van der Waals surface area contributed by atoms with Gasteiger partial charge in [-0.3, -0.25) is 0 Å². The molecule has 0 aliphatic carbocycles. The summed E-state index contributed by atoms with van der Waals surface area (Å²) in [6.07, 6.45) is 0. The second-order valence-corrected chi connectivity index (χ2v) is 5.63. The van der Waals surface area contributed by atoms with E-state index in [1.54, 1.807) is 6.07 Å². The zero-order valence-electron chi connectivity index (χ0n) is 9.81. The van der Waals surface area contributed by atoms with E-state index in [1.165, 1.54) is 0 Å². The van der Waals surface area contributed by atoms with Gasteiger partial charge in [-0.2, -0.15) is 0 Å². The van der Waals surface area contributed by atoms with Crippen molar-refractivity contribution in [1.82, 2.24) is 0 Å². The van der Waals surface area contributed by atoms with E-state index in [0.717, 1.165) is 14.6 Å². The van der Waals surface area contributed by atoms with Crippen molar-refractivity contribution < 1.29 is 9.90 Å². The van der Waals surface area contributed by atoms with E-state index < -0.39 is 12.0 Å². The van der Waals surface area contributed by atoms with Gasteiger partial charge in [-0.05, 0) is 39.7 Å². The molecular weight excluding hydrogens is 374 g/mol. The Kier molecular flexibility index (Phi) is 4.61. The van der Waals surface area contributed by atoms with E-state index in [9.17, 15) is 9.90 Å². The molecule has 0 radical (unpaired) electrons. The lowest BCUT2D eigenvalue weighted by Crippen LogP contribution is -2.21. The minimum atomic E-state index is -0.928. The summed E-state index contributed by atoms with van der Waals surface area (Å²) >= 11 is 6.78. The average molecular weight is 385 g/mol. The predicted molar refractivity (Wildman–Crippen MR) is 82.3 cm³/mol. The van der Waals surface area contributed by atoms with Crippen LogP contribution < -0.4 is 5.32 Å². The molecule has 2 aromatic carbocycles. The van der Waals surface area contributed by atoms with Crippen LogP contribution in [0.5, 0.6) is 0 Å². The molecule has 0 heterocycles. The number of anilines is 1. The van der Waals surface area contributed by atoms with E-state index in [-0.39, 0.29) is 0 Å². The van der Waals surface area contributed by atoms with Gasteiger partial charge in [0.15, 0.2) is 6.04 Å². The zero-order valence-corrected chi connectivity index (χ0v) is 13.0. The minimum Gasteiger partial charge on any atom is -0.479 e. The fraction of sp³-hybridized carbons (Fsp3) is 0.0714. The molecule has 2 rings (SSSR count). The maximum Gasteiger partial charge on any atom is 0.330 e. The molecule has 0 amide bonds. The Bertz CT molecular complexity index is 602. The van der Waals surface area contributed by atoms with E-state index in [2.05, 4.69) is 37.2 Å². The third kappa shape index (κ3) is 3.36. The second kappa shape index (κ2) is 6.21. The Balaban J connectivity index is 2.35. The molecule has 0 saturated heterocycles. The molecule has 1 atom stereocenters. The van der Waals surface area contributed by atoms with Gasteiger partial charge < -0.3 is 10.4 Å². The quantitative estimate of drug-likeness (QED) is 0.818. The summed E-state index contributed by atoms with van der Waals surface area (Å²) in [5.41, 5.74) is 1.43. The number of carboxylic acids is 1. The molecule has 3 nitrogen and oxygen atoms in total. The van der Waals surface area contributed by atoms with Crippen molar-refractivity contribution in [3.8, 4) is 0 Å². The van der Waals surface area contributed by atoms with Gasteiger partial charge in [0.2, 0.25) is 0 Å². The highest BCUT2D eigenvalue weighted by Crippen LogP contribution is 2.29. The molecule has 2 aromatic rings. The number of aliphatic carboxylic acids is 1. The normalized spacial score (nSPS) is 11.9. The summed E-state index contributed by atoms with van der Waals surface area (Å²) in [6, 6.07) is 13.9. The van der Waals surface area contributed by atoms with Crippen molar-refractivity contribution in [3.63, 3.8) is 0 Å². The van der Waals surface area contributed by atoms with Gasteiger partial charge in [0.25, 0.3) is 0 Å². The van der Waals surface area contributed by atoms with Gasteiger partial charge in [-0.1, -0.05) is 46.3 Å². The fourth-order valence-electron chi connectivity index (χ4n) is 1.72. The summed E-state index contributed by atoms with van der Waals surface area (Å²) in [4.78, 5) is 11.5. The maximum atomic E-state index is 11.5. The third-order valence-electron chi connectivity index (χ3n) is 2.64. The van der Waals surface area contributed by atoms with Crippen LogP contribution in [-0.4, -0.2) is 11.1 Å². The van der Waals surface area contributed by atoms with Crippen LogP contribution in [-0.2, 0) is 4.79 Å². The van der Waals surface area contributed by atoms with Crippen molar-refractivity contribution in [1.29, 1.82) is 0 Å². The number of carboxylic acid groups (broad SMARTS) is 1. The first-order valence-electron chi connectivity index (χ1n) is 5.58. The lowest BCUT2D eigenvalue weighted by atomic mass is 10.1. The molecule has 0 aliphatic heterocycles. The molecule has 5 heteroatoms. The molecule has 19 heavy (non-hydrogen) atoms. The number of rotatable bonds is 4. The highest BCUT2D eigenvalue weighted by molar-refractivity contribution is 9.11. The zero-order chi connectivity index (χ0) is 13.8. The van der Waals surface area contributed by atoms with Crippen LogP contribution in [0.25, 0.3) is 0 Å². The van der Waals surface area contributed by atoms with Crippen LogP contribution in [0.4, 0.5) is 5.69 Å². The van der Waals surface area contributed by atoms with Crippen molar-refractivity contribution in [2.45, 2.75) is 6.04 Å². The summed E-state index contributed by atoms with van der Waals surface area (Å²) in [5.74, 6) is -0.928. The largest absolute Gasteiger partial charge is 0.479 e. The second-order valence-electron chi connectivity index (χ2n) is 3.92. The van der Waals surface area contributed by atoms with Crippen LogP contribution >= 0.6 is 31.9 Å². The first kappa shape index (κ1) is 14.1. The molecule has 0 fully saturated rings. The Labute approximate surface area is 127 Å². The summed E-state index contributed by atoms with van der Waals surface area (Å²) in [6.45, 7) is 0. The smallest absolute Gasteiger partial charge is 0.330 e. The highest BCUT2D eigenvalue weighted by atomic mass is 79.9. The van der Waals surface area contributed by atoms with E-state index in [1.807, 2.05) is 42.5 Å². The molecule has 0 spiro atoms. The van der Waals surface area contributed by atoms with Crippen LogP contribution in [0.15, 0.2) is 57.5 Å². The van der Waals surface area contributed by atoms with Crippen LogP contribution in [0, 0.1) is 0 Å². The summed E-state index contributed by atoms with van der Waals surface area (Å²) in [5, 5.41) is 12.4. The molecule has 0 bridgehead atoms. The number of benzene rings is 2. The Morgan fingerprint density at radius 3 is 2.16 bits per heavy atom. The lowest BCUT2D eigenvalue weighted by molar-refractivity contribution is -0.138. The van der Waals surface area contributed by atoms with Gasteiger partial charge in [0.05, 0.1) is 0 Å². The lowest BCUT2D eigenvalue weighted by Gasteiger charge is -2.18. The number of nitrogens with one attached hydrogen (secondary N) is 1. The van der Waals surface area contributed by atoms with Crippen LogP contribution in [0.1, 0.15) is 11.6 Å². The predicted octanol–water partition coefficient (Wildman–Crippen LogP) is 4.45. The fourth-order valence-corrected chi connectivity index (χ4v) is 2.63. The number of hydrogen-bond donors (Lipinski definition) is 2.